The molecule has 0 atom stereocenters. The molecule has 3 rings (SSSR count). The van der Waals surface area contributed by atoms with Crippen LogP contribution in [0.15, 0.2) is 24.3 Å². The number of nitrogens with zero attached hydrogens (tertiary/aromatic N) is 3. The summed E-state index contributed by atoms with van der Waals surface area (Å²) in [6.45, 7) is 7.46. The summed E-state index contributed by atoms with van der Waals surface area (Å²) < 4.78 is 0. The Hall–Kier alpha value is -2.21. The van der Waals surface area contributed by atoms with Crippen molar-refractivity contribution in [3.05, 3.63) is 40.1 Å². The molecule has 2 heterocycles. The van der Waals surface area contributed by atoms with E-state index in [4.69, 9.17) is 0 Å². The van der Waals surface area contributed by atoms with Gasteiger partial charge in [-0.05, 0) is 24.0 Å². The van der Waals surface area contributed by atoms with Crippen LogP contribution in [0.3, 0.4) is 0 Å². The lowest BCUT2D eigenvalue weighted by molar-refractivity contribution is -0.384. The van der Waals surface area contributed by atoms with Crippen molar-refractivity contribution < 1.29 is 4.92 Å². The third-order valence-electron chi connectivity index (χ3n) is 3.98. The molecule has 0 saturated heterocycles. The summed E-state index contributed by atoms with van der Waals surface area (Å²) in [5, 5.41) is 19.1. The van der Waals surface area contributed by atoms with Crippen LogP contribution >= 0.6 is 0 Å². The topological polar surface area (TPSA) is 75.1 Å². The van der Waals surface area contributed by atoms with E-state index in [0.717, 1.165) is 42.7 Å². The van der Waals surface area contributed by atoms with Crippen LogP contribution in [0.1, 0.15) is 26.0 Å². The number of nitro groups is 1. The molecule has 0 aliphatic carbocycles. The van der Waals surface area contributed by atoms with Crippen LogP contribution in [0.2, 0.25) is 0 Å². The van der Waals surface area contributed by atoms with E-state index in [1.165, 1.54) is 11.6 Å². The highest BCUT2D eigenvalue weighted by Gasteiger charge is 2.18. The first-order valence-corrected chi connectivity index (χ1v) is 7.59. The lowest BCUT2D eigenvalue weighted by atomic mass is 10.0. The van der Waals surface area contributed by atoms with E-state index >= 15 is 0 Å². The SMILES string of the molecule is CC(C)CN1CC=C(c2n[nH]c3ccc([N+](=O)[O-])cc23)CC1. The summed E-state index contributed by atoms with van der Waals surface area (Å²) in [5.41, 5.74) is 2.97. The molecule has 2 aromatic rings. The number of fused-ring (bicyclic) bond motifs is 1. The molecule has 0 saturated carbocycles. The number of aromatic amines is 1. The highest BCUT2D eigenvalue weighted by Crippen LogP contribution is 2.29. The fourth-order valence-corrected chi connectivity index (χ4v) is 2.97. The van der Waals surface area contributed by atoms with E-state index in [1.54, 1.807) is 12.1 Å². The molecular weight excluding hydrogens is 280 g/mol. The van der Waals surface area contributed by atoms with E-state index in [2.05, 4.69) is 35.0 Å². The third-order valence-corrected chi connectivity index (χ3v) is 3.98. The van der Waals surface area contributed by atoms with Gasteiger partial charge in [-0.25, -0.2) is 0 Å². The Morgan fingerprint density at radius 1 is 1.45 bits per heavy atom. The average molecular weight is 300 g/mol. The van der Waals surface area contributed by atoms with Gasteiger partial charge in [0.1, 0.15) is 0 Å². The normalized spacial score (nSPS) is 16.2. The van der Waals surface area contributed by atoms with Crippen molar-refractivity contribution in [1.29, 1.82) is 0 Å². The number of hydrogen-bond donors (Lipinski definition) is 1. The Morgan fingerprint density at radius 2 is 2.27 bits per heavy atom. The molecule has 6 heteroatoms. The molecule has 6 nitrogen and oxygen atoms in total. The van der Waals surface area contributed by atoms with Crippen LogP contribution in [0.4, 0.5) is 5.69 Å². The first kappa shape index (κ1) is 14.7. The van der Waals surface area contributed by atoms with Crippen molar-refractivity contribution in [2.75, 3.05) is 19.6 Å². The molecule has 0 spiro atoms. The number of nitrogens with one attached hydrogen (secondary N) is 1. The summed E-state index contributed by atoms with van der Waals surface area (Å²) in [4.78, 5) is 13.0. The van der Waals surface area contributed by atoms with Gasteiger partial charge in [0, 0.05) is 37.2 Å². The van der Waals surface area contributed by atoms with Gasteiger partial charge in [-0.15, -0.1) is 0 Å². The monoisotopic (exact) mass is 300 g/mol. The fourth-order valence-electron chi connectivity index (χ4n) is 2.97. The van der Waals surface area contributed by atoms with Crippen molar-refractivity contribution in [1.82, 2.24) is 15.1 Å². The van der Waals surface area contributed by atoms with Gasteiger partial charge in [-0.2, -0.15) is 5.10 Å². The Morgan fingerprint density at radius 3 is 2.91 bits per heavy atom. The van der Waals surface area contributed by atoms with Crippen LogP contribution < -0.4 is 0 Å². The largest absolute Gasteiger partial charge is 0.299 e. The predicted molar refractivity (Wildman–Crippen MR) is 86.6 cm³/mol. The summed E-state index contributed by atoms with van der Waals surface area (Å²) in [6, 6.07) is 4.83. The minimum atomic E-state index is -0.365. The van der Waals surface area contributed by atoms with E-state index in [9.17, 15) is 10.1 Å². The van der Waals surface area contributed by atoms with E-state index in [-0.39, 0.29) is 10.6 Å². The maximum atomic E-state index is 11.0. The standard InChI is InChI=1S/C16H20N4O2/c1-11(2)10-19-7-5-12(6-8-19)16-14-9-13(20(21)22)3-4-15(14)17-18-16/h3-5,9,11H,6-8,10H2,1-2H3,(H,17,18). The minimum absolute atomic E-state index is 0.105. The van der Waals surface area contributed by atoms with Gasteiger partial charge in [-0.3, -0.25) is 20.1 Å². The highest BCUT2D eigenvalue weighted by molar-refractivity contribution is 5.91. The van der Waals surface area contributed by atoms with Gasteiger partial charge < -0.3 is 0 Å². The lowest BCUT2D eigenvalue weighted by Gasteiger charge is -2.27. The molecule has 22 heavy (non-hydrogen) atoms. The number of benzene rings is 1. The lowest BCUT2D eigenvalue weighted by Crippen LogP contribution is -2.31. The van der Waals surface area contributed by atoms with Crippen molar-refractivity contribution in [2.45, 2.75) is 20.3 Å². The Kier molecular flexibility index (Phi) is 3.94. The molecule has 1 aromatic heterocycles. The van der Waals surface area contributed by atoms with Gasteiger partial charge in [0.25, 0.3) is 5.69 Å². The smallest absolute Gasteiger partial charge is 0.270 e. The van der Waals surface area contributed by atoms with Crippen molar-refractivity contribution in [3.63, 3.8) is 0 Å². The minimum Gasteiger partial charge on any atom is -0.299 e. The van der Waals surface area contributed by atoms with Crippen molar-refractivity contribution in [3.8, 4) is 0 Å². The number of rotatable bonds is 4. The molecule has 0 unspecified atom stereocenters. The zero-order valence-electron chi connectivity index (χ0n) is 12.9. The number of hydrogen-bond acceptors (Lipinski definition) is 4. The van der Waals surface area contributed by atoms with Gasteiger partial charge in [0.15, 0.2) is 0 Å². The highest BCUT2D eigenvalue weighted by atomic mass is 16.6. The molecule has 116 valence electrons. The van der Waals surface area contributed by atoms with Crippen LogP contribution in [0.25, 0.3) is 16.5 Å². The van der Waals surface area contributed by atoms with Gasteiger partial charge in [0.2, 0.25) is 0 Å². The zero-order valence-corrected chi connectivity index (χ0v) is 12.9. The third kappa shape index (κ3) is 2.87. The maximum Gasteiger partial charge on any atom is 0.270 e. The Bertz CT molecular complexity index is 733. The first-order valence-electron chi connectivity index (χ1n) is 7.59. The molecule has 0 bridgehead atoms. The van der Waals surface area contributed by atoms with Crippen molar-refractivity contribution >= 4 is 22.2 Å². The number of nitro benzene ring substituents is 1. The van der Waals surface area contributed by atoms with Gasteiger partial charge in [0.05, 0.1) is 16.1 Å². The molecule has 0 radical (unpaired) electrons. The number of H-pyrrole nitrogens is 1. The van der Waals surface area contributed by atoms with Crippen LogP contribution in [0.5, 0.6) is 0 Å². The summed E-state index contributed by atoms with van der Waals surface area (Å²) >= 11 is 0. The quantitative estimate of drug-likeness (QED) is 0.695. The number of non-ortho nitro benzene ring substituents is 1. The van der Waals surface area contributed by atoms with Gasteiger partial charge >= 0.3 is 0 Å². The molecule has 1 aromatic carbocycles. The molecule has 0 fully saturated rings. The zero-order chi connectivity index (χ0) is 15.7. The van der Waals surface area contributed by atoms with Crippen LogP contribution in [0, 0.1) is 16.0 Å². The second-order valence-electron chi connectivity index (χ2n) is 6.19. The second-order valence-corrected chi connectivity index (χ2v) is 6.19. The summed E-state index contributed by atoms with van der Waals surface area (Å²) in [7, 11) is 0. The summed E-state index contributed by atoms with van der Waals surface area (Å²) in [6.07, 6.45) is 3.12. The Labute approximate surface area is 129 Å². The van der Waals surface area contributed by atoms with Gasteiger partial charge in [-0.1, -0.05) is 19.9 Å². The van der Waals surface area contributed by atoms with Crippen LogP contribution in [-0.2, 0) is 0 Å². The summed E-state index contributed by atoms with van der Waals surface area (Å²) in [5.74, 6) is 0.656. The number of aromatic nitrogens is 2. The van der Waals surface area contributed by atoms with Crippen molar-refractivity contribution in [2.24, 2.45) is 5.92 Å². The Balaban J connectivity index is 1.89. The second kappa shape index (κ2) is 5.88. The first-order chi connectivity index (χ1) is 10.5. The molecular formula is C16H20N4O2. The molecule has 1 aliphatic rings. The average Bonchev–Trinajstić information content (AvgIpc) is 2.90. The predicted octanol–water partition coefficient (Wildman–Crippen LogP) is 3.22. The molecule has 1 N–H and O–H groups in total. The van der Waals surface area contributed by atoms with E-state index in [1.807, 2.05) is 0 Å². The van der Waals surface area contributed by atoms with E-state index in [0.29, 0.717) is 5.92 Å². The molecule has 1 aliphatic heterocycles. The fraction of sp³-hybridized carbons (Fsp3) is 0.438. The molecule has 0 amide bonds. The van der Waals surface area contributed by atoms with Crippen LogP contribution in [-0.4, -0.2) is 39.7 Å². The van der Waals surface area contributed by atoms with E-state index < -0.39 is 0 Å². The maximum absolute atomic E-state index is 11.0.